The van der Waals surface area contributed by atoms with Gasteiger partial charge in [0, 0.05) is 18.8 Å². The lowest BCUT2D eigenvalue weighted by atomic mass is 9.93. The molecule has 2 aromatic carbocycles. The molecule has 3 aromatic rings. The monoisotopic (exact) mass is 362 g/mol. The SMILES string of the molecule is Cn1cc(-c2ccc(CCC(CCCc3ccccc3)C(=O)O)cc2)cn1. The number of carbonyl (C=O) groups is 1. The number of nitrogens with zero attached hydrogens (tertiary/aromatic N) is 2. The third-order valence-corrected chi connectivity index (χ3v) is 4.98. The van der Waals surface area contributed by atoms with Crippen molar-refractivity contribution in [1.82, 2.24) is 9.78 Å². The molecule has 0 radical (unpaired) electrons. The van der Waals surface area contributed by atoms with E-state index < -0.39 is 5.97 Å². The summed E-state index contributed by atoms with van der Waals surface area (Å²) in [5.41, 5.74) is 4.67. The first-order valence-electron chi connectivity index (χ1n) is 9.46. The van der Waals surface area contributed by atoms with E-state index in [1.807, 2.05) is 37.6 Å². The molecule has 0 fully saturated rings. The Morgan fingerprint density at radius 2 is 1.67 bits per heavy atom. The Morgan fingerprint density at radius 1 is 0.963 bits per heavy atom. The fourth-order valence-corrected chi connectivity index (χ4v) is 3.36. The Balaban J connectivity index is 1.50. The first-order chi connectivity index (χ1) is 13.1. The van der Waals surface area contributed by atoms with Gasteiger partial charge in [-0.25, -0.2) is 0 Å². The standard InChI is InChI=1S/C23H26N2O2/c1-25-17-22(16-24-25)20-13-10-19(11-14-20)12-15-21(23(26)27)9-5-8-18-6-3-2-4-7-18/h2-4,6-7,10-11,13-14,16-17,21H,5,8-9,12,15H2,1H3,(H,26,27). The number of hydrogen-bond acceptors (Lipinski definition) is 2. The van der Waals surface area contributed by atoms with Crippen molar-refractivity contribution in [2.45, 2.75) is 32.1 Å². The van der Waals surface area contributed by atoms with Crippen LogP contribution in [0.5, 0.6) is 0 Å². The Hall–Kier alpha value is -2.88. The van der Waals surface area contributed by atoms with Crippen LogP contribution in [0.25, 0.3) is 11.1 Å². The maximum Gasteiger partial charge on any atom is 0.306 e. The van der Waals surface area contributed by atoms with E-state index in [-0.39, 0.29) is 5.92 Å². The molecule has 0 aliphatic rings. The summed E-state index contributed by atoms with van der Waals surface area (Å²) in [4.78, 5) is 11.6. The van der Waals surface area contributed by atoms with Crippen molar-refractivity contribution in [2.24, 2.45) is 13.0 Å². The van der Waals surface area contributed by atoms with Crippen LogP contribution < -0.4 is 0 Å². The van der Waals surface area contributed by atoms with Crippen LogP contribution in [0, 0.1) is 5.92 Å². The lowest BCUT2D eigenvalue weighted by Crippen LogP contribution is -2.15. The largest absolute Gasteiger partial charge is 0.481 e. The summed E-state index contributed by atoms with van der Waals surface area (Å²) in [5.74, 6) is -0.971. The van der Waals surface area contributed by atoms with Crippen molar-refractivity contribution in [3.05, 3.63) is 78.1 Å². The van der Waals surface area contributed by atoms with Gasteiger partial charge in [0.05, 0.1) is 12.1 Å². The van der Waals surface area contributed by atoms with Crippen LogP contribution in [0.15, 0.2) is 67.0 Å². The third-order valence-electron chi connectivity index (χ3n) is 4.98. The van der Waals surface area contributed by atoms with Gasteiger partial charge < -0.3 is 5.11 Å². The molecule has 140 valence electrons. The number of benzene rings is 2. The van der Waals surface area contributed by atoms with E-state index in [1.165, 1.54) is 11.1 Å². The van der Waals surface area contributed by atoms with Gasteiger partial charge in [-0.05, 0) is 48.8 Å². The van der Waals surface area contributed by atoms with E-state index >= 15 is 0 Å². The van der Waals surface area contributed by atoms with Crippen molar-refractivity contribution in [3.8, 4) is 11.1 Å². The van der Waals surface area contributed by atoms with Gasteiger partial charge in [-0.1, -0.05) is 54.6 Å². The van der Waals surface area contributed by atoms with Crippen molar-refractivity contribution in [3.63, 3.8) is 0 Å². The third kappa shape index (κ3) is 5.55. The second-order valence-electron chi connectivity index (χ2n) is 7.05. The number of carboxylic acid groups (broad SMARTS) is 1. The maximum absolute atomic E-state index is 11.6. The normalized spacial score (nSPS) is 12.0. The van der Waals surface area contributed by atoms with Crippen molar-refractivity contribution in [1.29, 1.82) is 0 Å². The van der Waals surface area contributed by atoms with Crippen LogP contribution in [0.2, 0.25) is 0 Å². The van der Waals surface area contributed by atoms with Crippen molar-refractivity contribution < 1.29 is 9.90 Å². The molecule has 1 aromatic heterocycles. The lowest BCUT2D eigenvalue weighted by molar-refractivity contribution is -0.142. The molecular weight excluding hydrogens is 336 g/mol. The summed E-state index contributed by atoms with van der Waals surface area (Å²) < 4.78 is 1.79. The molecule has 1 atom stereocenters. The number of aromatic nitrogens is 2. The van der Waals surface area contributed by atoms with Gasteiger partial charge in [0.1, 0.15) is 0 Å². The summed E-state index contributed by atoms with van der Waals surface area (Å²) in [6.07, 6.45) is 7.86. The van der Waals surface area contributed by atoms with Crippen LogP contribution in [0.4, 0.5) is 0 Å². The zero-order valence-electron chi connectivity index (χ0n) is 15.7. The number of aliphatic carboxylic acids is 1. The second-order valence-corrected chi connectivity index (χ2v) is 7.05. The zero-order valence-corrected chi connectivity index (χ0v) is 15.7. The van der Waals surface area contributed by atoms with Crippen LogP contribution in [-0.2, 0) is 24.7 Å². The molecule has 0 bridgehead atoms. The first kappa shape index (κ1) is 18.9. The Bertz CT molecular complexity index is 854. The van der Waals surface area contributed by atoms with Crippen LogP contribution in [-0.4, -0.2) is 20.9 Å². The minimum atomic E-state index is -0.685. The van der Waals surface area contributed by atoms with Gasteiger partial charge in [-0.2, -0.15) is 5.10 Å². The molecule has 0 amide bonds. The highest BCUT2D eigenvalue weighted by Gasteiger charge is 2.17. The smallest absolute Gasteiger partial charge is 0.306 e. The van der Waals surface area contributed by atoms with Crippen LogP contribution in [0.3, 0.4) is 0 Å². The number of aryl methyl sites for hydroxylation is 3. The highest BCUT2D eigenvalue weighted by atomic mass is 16.4. The molecule has 4 heteroatoms. The fraction of sp³-hybridized carbons (Fsp3) is 0.304. The molecule has 0 aliphatic carbocycles. The van der Waals surface area contributed by atoms with Crippen molar-refractivity contribution in [2.75, 3.05) is 0 Å². The molecule has 1 N–H and O–H groups in total. The second kappa shape index (κ2) is 9.17. The van der Waals surface area contributed by atoms with E-state index in [1.54, 1.807) is 4.68 Å². The van der Waals surface area contributed by atoms with E-state index in [4.69, 9.17) is 0 Å². The Labute approximate surface area is 160 Å². The molecule has 0 aliphatic heterocycles. The zero-order chi connectivity index (χ0) is 19.1. The molecule has 3 rings (SSSR count). The minimum Gasteiger partial charge on any atom is -0.481 e. The average Bonchev–Trinajstić information content (AvgIpc) is 3.12. The lowest BCUT2D eigenvalue weighted by Gasteiger charge is -2.12. The maximum atomic E-state index is 11.6. The predicted molar refractivity (Wildman–Crippen MR) is 107 cm³/mol. The Kier molecular flexibility index (Phi) is 6.42. The van der Waals surface area contributed by atoms with Gasteiger partial charge in [0.2, 0.25) is 0 Å². The van der Waals surface area contributed by atoms with Gasteiger partial charge >= 0.3 is 5.97 Å². The van der Waals surface area contributed by atoms with E-state index in [0.717, 1.165) is 36.8 Å². The fourth-order valence-electron chi connectivity index (χ4n) is 3.36. The van der Waals surface area contributed by atoms with E-state index in [9.17, 15) is 9.90 Å². The minimum absolute atomic E-state index is 0.285. The summed E-state index contributed by atoms with van der Waals surface area (Å²) in [5, 5.41) is 13.7. The molecule has 0 saturated carbocycles. The van der Waals surface area contributed by atoms with E-state index in [2.05, 4.69) is 41.5 Å². The summed E-state index contributed by atoms with van der Waals surface area (Å²) >= 11 is 0. The number of hydrogen-bond donors (Lipinski definition) is 1. The van der Waals surface area contributed by atoms with E-state index in [0.29, 0.717) is 6.42 Å². The molecule has 1 unspecified atom stereocenters. The topological polar surface area (TPSA) is 55.1 Å². The predicted octanol–water partition coefficient (Wildman–Crippen LogP) is 4.74. The summed E-state index contributed by atoms with van der Waals surface area (Å²) in [6.45, 7) is 0. The Morgan fingerprint density at radius 3 is 2.30 bits per heavy atom. The molecule has 0 saturated heterocycles. The van der Waals surface area contributed by atoms with Crippen LogP contribution in [0.1, 0.15) is 30.4 Å². The molecule has 1 heterocycles. The average molecular weight is 362 g/mol. The van der Waals surface area contributed by atoms with Gasteiger partial charge in [0.15, 0.2) is 0 Å². The highest BCUT2D eigenvalue weighted by Crippen LogP contribution is 2.21. The number of carboxylic acids is 1. The molecule has 27 heavy (non-hydrogen) atoms. The van der Waals surface area contributed by atoms with Gasteiger partial charge in [-0.3, -0.25) is 9.48 Å². The van der Waals surface area contributed by atoms with Crippen LogP contribution >= 0.6 is 0 Å². The van der Waals surface area contributed by atoms with Crippen molar-refractivity contribution >= 4 is 5.97 Å². The van der Waals surface area contributed by atoms with Gasteiger partial charge in [-0.15, -0.1) is 0 Å². The first-order valence-corrected chi connectivity index (χ1v) is 9.46. The quantitative estimate of drug-likeness (QED) is 0.598. The number of rotatable bonds is 9. The molecule has 4 nitrogen and oxygen atoms in total. The summed E-state index contributed by atoms with van der Waals surface area (Å²) in [6, 6.07) is 18.6. The van der Waals surface area contributed by atoms with Gasteiger partial charge in [0.25, 0.3) is 0 Å². The summed E-state index contributed by atoms with van der Waals surface area (Å²) in [7, 11) is 1.90. The molecule has 0 spiro atoms. The molecular formula is C23H26N2O2. The highest BCUT2D eigenvalue weighted by molar-refractivity contribution is 5.70.